The summed E-state index contributed by atoms with van der Waals surface area (Å²) in [5.41, 5.74) is 0. The van der Waals surface area contributed by atoms with E-state index in [4.69, 9.17) is 0 Å². The lowest BCUT2D eigenvalue weighted by Crippen LogP contribution is -2.32. The van der Waals surface area contributed by atoms with Gasteiger partial charge in [-0.1, -0.05) is 0 Å². The molecule has 1 N–H and O–H groups in total. The van der Waals surface area contributed by atoms with Gasteiger partial charge in [-0.15, -0.1) is 11.3 Å². The molecular weight excluding hydrogens is 300 g/mol. The summed E-state index contributed by atoms with van der Waals surface area (Å²) in [6, 6.07) is 2.04. The molecule has 0 atom stereocenters. The van der Waals surface area contributed by atoms with Gasteiger partial charge >= 0.3 is 0 Å². The molecule has 1 aromatic rings. The van der Waals surface area contributed by atoms with E-state index in [9.17, 15) is 4.79 Å². The summed E-state index contributed by atoms with van der Waals surface area (Å²) < 4.78 is 1.14. The summed E-state index contributed by atoms with van der Waals surface area (Å²) in [5.74, 6) is 0.229. The SMILES string of the molecule is CCN(CC)C(=O)CCNCc1sccc1Br. The van der Waals surface area contributed by atoms with Gasteiger partial charge in [0, 0.05) is 41.9 Å². The molecule has 1 rings (SSSR count). The van der Waals surface area contributed by atoms with Crippen LogP contribution in [0.3, 0.4) is 0 Å². The number of rotatable bonds is 7. The van der Waals surface area contributed by atoms with Crippen molar-refractivity contribution in [1.82, 2.24) is 10.2 Å². The van der Waals surface area contributed by atoms with Crippen LogP contribution < -0.4 is 5.32 Å². The summed E-state index contributed by atoms with van der Waals surface area (Å²) >= 11 is 5.21. The van der Waals surface area contributed by atoms with E-state index in [2.05, 4.69) is 26.6 Å². The number of hydrogen-bond acceptors (Lipinski definition) is 3. The number of carbonyl (C=O) groups excluding carboxylic acids is 1. The molecule has 0 fully saturated rings. The number of halogens is 1. The molecule has 1 aromatic heterocycles. The van der Waals surface area contributed by atoms with Crippen molar-refractivity contribution in [3.63, 3.8) is 0 Å². The monoisotopic (exact) mass is 318 g/mol. The Balaban J connectivity index is 2.20. The third-order valence-electron chi connectivity index (χ3n) is 2.61. The van der Waals surface area contributed by atoms with E-state index in [1.54, 1.807) is 11.3 Å². The predicted octanol–water partition coefficient (Wildman–Crippen LogP) is 2.86. The topological polar surface area (TPSA) is 32.3 Å². The number of thiophene rings is 1. The van der Waals surface area contributed by atoms with Gasteiger partial charge in [-0.2, -0.15) is 0 Å². The average Bonchev–Trinajstić information content (AvgIpc) is 2.72. The predicted molar refractivity (Wildman–Crippen MR) is 76.3 cm³/mol. The quantitative estimate of drug-likeness (QED) is 0.784. The van der Waals surface area contributed by atoms with Gasteiger partial charge in [-0.25, -0.2) is 0 Å². The molecule has 1 amide bonds. The number of nitrogens with one attached hydrogen (secondary N) is 1. The molecule has 0 aromatic carbocycles. The summed E-state index contributed by atoms with van der Waals surface area (Å²) in [4.78, 5) is 14.9. The zero-order valence-electron chi connectivity index (χ0n) is 10.3. The molecule has 0 saturated carbocycles. The molecule has 0 aliphatic carbocycles. The Kier molecular flexibility index (Phi) is 6.77. The fourth-order valence-corrected chi connectivity index (χ4v) is 3.04. The Hall–Kier alpha value is -0.390. The van der Waals surface area contributed by atoms with E-state index in [1.807, 2.05) is 24.8 Å². The van der Waals surface area contributed by atoms with Gasteiger partial charge in [-0.3, -0.25) is 4.79 Å². The van der Waals surface area contributed by atoms with Crippen LogP contribution in [-0.4, -0.2) is 30.4 Å². The van der Waals surface area contributed by atoms with Crippen molar-refractivity contribution in [3.05, 3.63) is 20.8 Å². The molecule has 5 heteroatoms. The lowest BCUT2D eigenvalue weighted by molar-refractivity contribution is -0.130. The zero-order valence-corrected chi connectivity index (χ0v) is 12.7. The number of carbonyl (C=O) groups is 1. The van der Waals surface area contributed by atoms with Crippen LogP contribution in [0.1, 0.15) is 25.1 Å². The Morgan fingerprint density at radius 3 is 2.71 bits per heavy atom. The minimum Gasteiger partial charge on any atom is -0.343 e. The molecule has 0 aliphatic heterocycles. The Bertz CT molecular complexity index is 350. The summed E-state index contributed by atoms with van der Waals surface area (Å²) in [5, 5.41) is 5.35. The first-order valence-corrected chi connectivity index (χ1v) is 7.56. The van der Waals surface area contributed by atoms with Crippen molar-refractivity contribution in [2.24, 2.45) is 0 Å². The lowest BCUT2D eigenvalue weighted by atomic mass is 10.3. The van der Waals surface area contributed by atoms with Crippen molar-refractivity contribution in [2.45, 2.75) is 26.8 Å². The molecule has 17 heavy (non-hydrogen) atoms. The van der Waals surface area contributed by atoms with E-state index in [-0.39, 0.29) is 5.91 Å². The third kappa shape index (κ3) is 4.77. The highest BCUT2D eigenvalue weighted by Gasteiger charge is 2.08. The third-order valence-corrected chi connectivity index (χ3v) is 4.53. The molecule has 0 aliphatic rings. The van der Waals surface area contributed by atoms with E-state index < -0.39 is 0 Å². The van der Waals surface area contributed by atoms with Gasteiger partial charge in [0.2, 0.25) is 5.91 Å². The molecule has 1 heterocycles. The van der Waals surface area contributed by atoms with E-state index in [0.717, 1.165) is 30.7 Å². The fourth-order valence-electron chi connectivity index (χ4n) is 1.58. The first-order chi connectivity index (χ1) is 8.19. The van der Waals surface area contributed by atoms with Gasteiger partial charge in [0.25, 0.3) is 0 Å². The van der Waals surface area contributed by atoms with Gasteiger partial charge in [0.15, 0.2) is 0 Å². The van der Waals surface area contributed by atoms with E-state index >= 15 is 0 Å². The van der Waals surface area contributed by atoms with Crippen LogP contribution in [-0.2, 0) is 11.3 Å². The van der Waals surface area contributed by atoms with Crippen molar-refractivity contribution >= 4 is 33.2 Å². The highest BCUT2D eigenvalue weighted by Crippen LogP contribution is 2.21. The van der Waals surface area contributed by atoms with Crippen LogP contribution in [0, 0.1) is 0 Å². The van der Waals surface area contributed by atoms with E-state index in [0.29, 0.717) is 6.42 Å². The number of amides is 1. The second kappa shape index (κ2) is 7.84. The second-order valence-corrected chi connectivity index (χ2v) is 5.54. The first-order valence-electron chi connectivity index (χ1n) is 5.89. The van der Waals surface area contributed by atoms with Crippen molar-refractivity contribution in [2.75, 3.05) is 19.6 Å². The Labute approximate surface area is 115 Å². The van der Waals surface area contributed by atoms with Gasteiger partial charge in [0.1, 0.15) is 0 Å². The van der Waals surface area contributed by atoms with Gasteiger partial charge < -0.3 is 10.2 Å². The van der Waals surface area contributed by atoms with Crippen LogP contribution in [0.4, 0.5) is 0 Å². The summed E-state index contributed by atoms with van der Waals surface area (Å²) in [6.45, 7) is 7.18. The molecule has 0 saturated heterocycles. The maximum Gasteiger partial charge on any atom is 0.223 e. The minimum absolute atomic E-state index is 0.229. The standard InChI is InChI=1S/C12H19BrN2OS/c1-3-15(4-2)12(16)5-7-14-9-11-10(13)6-8-17-11/h6,8,14H,3-5,7,9H2,1-2H3. The first kappa shape index (κ1) is 14.7. The fraction of sp³-hybridized carbons (Fsp3) is 0.583. The maximum atomic E-state index is 11.7. The van der Waals surface area contributed by atoms with Crippen molar-refractivity contribution in [3.8, 4) is 0 Å². The van der Waals surface area contributed by atoms with Crippen LogP contribution >= 0.6 is 27.3 Å². The Morgan fingerprint density at radius 1 is 1.47 bits per heavy atom. The van der Waals surface area contributed by atoms with Crippen LogP contribution in [0.2, 0.25) is 0 Å². The second-order valence-electron chi connectivity index (χ2n) is 3.68. The number of nitrogens with zero attached hydrogens (tertiary/aromatic N) is 1. The largest absolute Gasteiger partial charge is 0.343 e. The van der Waals surface area contributed by atoms with Crippen LogP contribution in [0.5, 0.6) is 0 Å². The maximum absolute atomic E-state index is 11.7. The molecule has 0 bridgehead atoms. The smallest absolute Gasteiger partial charge is 0.223 e. The average molecular weight is 319 g/mol. The highest BCUT2D eigenvalue weighted by atomic mass is 79.9. The molecule has 3 nitrogen and oxygen atoms in total. The van der Waals surface area contributed by atoms with Crippen molar-refractivity contribution in [1.29, 1.82) is 0 Å². The minimum atomic E-state index is 0.229. The van der Waals surface area contributed by atoms with Gasteiger partial charge in [0.05, 0.1) is 0 Å². The highest BCUT2D eigenvalue weighted by molar-refractivity contribution is 9.10. The van der Waals surface area contributed by atoms with Crippen LogP contribution in [0.25, 0.3) is 0 Å². The molecular formula is C12H19BrN2OS. The molecule has 0 unspecified atom stereocenters. The molecule has 0 radical (unpaired) electrons. The molecule has 96 valence electrons. The normalized spacial score (nSPS) is 10.5. The van der Waals surface area contributed by atoms with Crippen molar-refractivity contribution < 1.29 is 4.79 Å². The molecule has 0 spiro atoms. The number of hydrogen-bond donors (Lipinski definition) is 1. The zero-order chi connectivity index (χ0) is 12.7. The van der Waals surface area contributed by atoms with E-state index in [1.165, 1.54) is 4.88 Å². The summed E-state index contributed by atoms with van der Waals surface area (Å²) in [6.07, 6.45) is 0.574. The van der Waals surface area contributed by atoms with Crippen LogP contribution in [0.15, 0.2) is 15.9 Å². The van der Waals surface area contributed by atoms with Gasteiger partial charge in [-0.05, 0) is 41.2 Å². The Morgan fingerprint density at radius 2 is 2.18 bits per heavy atom. The lowest BCUT2D eigenvalue weighted by Gasteiger charge is -2.18. The summed E-state index contributed by atoms with van der Waals surface area (Å²) in [7, 11) is 0.